The molecule has 0 rings (SSSR count). The zero-order valence-electron chi connectivity index (χ0n) is 3.50. The Morgan fingerprint density at radius 1 is 1.50 bits per heavy atom. The van der Waals surface area contributed by atoms with Gasteiger partial charge in [-0.05, 0) is 0 Å². The summed E-state index contributed by atoms with van der Waals surface area (Å²) in [5.74, 6) is 0. The predicted molar refractivity (Wildman–Crippen MR) is 11.6 cm³/mol. The summed E-state index contributed by atoms with van der Waals surface area (Å²) in [7, 11) is 0. The smallest absolute Gasteiger partial charge is 1.00 e. The summed E-state index contributed by atoms with van der Waals surface area (Å²) in [5, 5.41) is 11.2. The molecule has 0 heterocycles. The van der Waals surface area contributed by atoms with Crippen molar-refractivity contribution in [3.8, 4) is 0 Å². The van der Waals surface area contributed by atoms with Crippen molar-refractivity contribution in [1.82, 2.24) is 0 Å². The van der Waals surface area contributed by atoms with Crippen molar-refractivity contribution < 1.29 is 20.3 Å². The first-order valence-electron chi connectivity index (χ1n) is 0.500. The summed E-state index contributed by atoms with van der Waals surface area (Å²) < 4.78 is 0. The number of nitrogens with one attached hydrogen (secondary N) is 2. The molecule has 0 unspecified atom stereocenters. The molecule has 0 aromatic carbocycles. The van der Waals surface area contributed by atoms with E-state index in [-0.39, 0.29) is 20.3 Å². The molecule has 0 radical (unpaired) electrons. The quantitative estimate of drug-likeness (QED) is 0.224. The van der Waals surface area contributed by atoms with Crippen LogP contribution in [0.1, 0.15) is 1.43 Å². The summed E-state index contributed by atoms with van der Waals surface area (Å²) in [5.41, 5.74) is 0. The Bertz CT molecular complexity index is 30.6. The second kappa shape index (κ2) is 12.2. The molecule has 0 aliphatic heterocycles. The fraction of sp³-hybridized carbons (Fsp3) is 0. The van der Waals surface area contributed by atoms with E-state index in [1.165, 1.54) is 6.01 Å². The van der Waals surface area contributed by atoms with Gasteiger partial charge < -0.3 is 1.43 Å². The van der Waals surface area contributed by atoms with E-state index in [1.54, 1.807) is 0 Å². The average Bonchev–Trinajstić information content (AvgIpc) is 0.918. The van der Waals surface area contributed by atoms with E-state index in [2.05, 4.69) is 0 Å². The molecule has 0 aliphatic carbocycles. The zero-order chi connectivity index (χ0) is 2.71. The maximum absolute atomic E-state index is 5.62. The summed E-state index contributed by atoms with van der Waals surface area (Å²) in [6, 6.07) is 1.25. The second-order valence-corrected chi connectivity index (χ2v) is 0.125. The molecule has 0 saturated heterocycles. The van der Waals surface area contributed by atoms with Gasteiger partial charge in [-0.25, -0.2) is 10.8 Å². The average molecular weight is 50.0 g/mol. The molecule has 2 nitrogen and oxygen atoms in total. The molecule has 18 valence electrons. The summed E-state index contributed by atoms with van der Waals surface area (Å²) in [4.78, 5) is 0. The third-order valence-corrected chi connectivity index (χ3v) is 0. The van der Waals surface area contributed by atoms with Crippen LogP contribution in [0, 0.1) is 10.8 Å². The van der Waals surface area contributed by atoms with Crippen LogP contribution in [0.3, 0.4) is 0 Å². The molecule has 0 spiro atoms. The van der Waals surface area contributed by atoms with Gasteiger partial charge in [0, 0.05) is 0 Å². The van der Waals surface area contributed by atoms with E-state index in [9.17, 15) is 0 Å². The summed E-state index contributed by atoms with van der Waals surface area (Å²) >= 11 is 0. The zero-order valence-corrected chi connectivity index (χ0v) is 2.50. The molecule has 2 N–H and O–H groups in total. The molecular weight excluding hydrogens is 47.0 g/mol. The van der Waals surface area contributed by atoms with E-state index in [0.717, 1.165) is 0 Å². The minimum absolute atomic E-state index is 0. The van der Waals surface area contributed by atoms with Crippen LogP contribution in [0.4, 0.5) is 0 Å². The minimum atomic E-state index is 0. The molecule has 0 aromatic rings. The second-order valence-electron chi connectivity index (χ2n) is 0.125. The van der Waals surface area contributed by atoms with Crippen LogP contribution in [0.25, 0.3) is 0 Å². The summed E-state index contributed by atoms with van der Waals surface area (Å²) in [6.07, 6.45) is 0. The van der Waals surface area contributed by atoms with Gasteiger partial charge in [-0.3, -0.25) is 0 Å². The minimum Gasteiger partial charge on any atom is -1.00 e. The van der Waals surface area contributed by atoms with Crippen molar-refractivity contribution in [3.05, 3.63) is 0 Å². The SMILES string of the molecule is N=C=N.[H-].[Li+]. The first-order chi connectivity index (χ1) is 1.41. The Labute approximate surface area is 37.9 Å². The molecule has 0 saturated carbocycles. The van der Waals surface area contributed by atoms with Crippen molar-refractivity contribution in [2.75, 3.05) is 0 Å². The molecular formula is CH3LiN2. The number of hydrogen-bond acceptors (Lipinski definition) is 2. The van der Waals surface area contributed by atoms with Crippen LogP contribution in [0.2, 0.25) is 0 Å². The van der Waals surface area contributed by atoms with E-state index < -0.39 is 0 Å². The Morgan fingerprint density at radius 3 is 1.50 bits per heavy atom. The van der Waals surface area contributed by atoms with Gasteiger partial charge in [0.1, 0.15) is 0 Å². The fourth-order valence-electron chi connectivity index (χ4n) is 0. The van der Waals surface area contributed by atoms with Crippen molar-refractivity contribution in [2.24, 2.45) is 0 Å². The fourth-order valence-corrected chi connectivity index (χ4v) is 0. The third kappa shape index (κ3) is 3700. The largest absolute Gasteiger partial charge is 1.00 e. The van der Waals surface area contributed by atoms with Crippen LogP contribution >= 0.6 is 0 Å². The standard InChI is InChI=1S/CH2N2.Li.H/c2-1-3;;/h2-3H;;/q;+1;-1. The van der Waals surface area contributed by atoms with Gasteiger partial charge in [0.05, 0.1) is 6.01 Å². The molecule has 4 heavy (non-hydrogen) atoms. The molecule has 0 fully saturated rings. The molecule has 0 atom stereocenters. The van der Waals surface area contributed by atoms with Crippen molar-refractivity contribution in [3.63, 3.8) is 0 Å². The molecule has 3 heteroatoms. The van der Waals surface area contributed by atoms with E-state index in [1.807, 2.05) is 0 Å². The Morgan fingerprint density at radius 2 is 1.50 bits per heavy atom. The Hall–Kier alpha value is -0.0226. The maximum atomic E-state index is 5.62. The van der Waals surface area contributed by atoms with Crippen molar-refractivity contribution >= 4 is 6.01 Å². The van der Waals surface area contributed by atoms with Gasteiger partial charge in [-0.2, -0.15) is 0 Å². The molecule has 0 bridgehead atoms. The van der Waals surface area contributed by atoms with Crippen LogP contribution in [-0.4, -0.2) is 6.01 Å². The summed E-state index contributed by atoms with van der Waals surface area (Å²) in [6.45, 7) is 0. The van der Waals surface area contributed by atoms with Gasteiger partial charge in [0.2, 0.25) is 0 Å². The first-order valence-corrected chi connectivity index (χ1v) is 0.500. The van der Waals surface area contributed by atoms with Gasteiger partial charge >= 0.3 is 18.9 Å². The number of rotatable bonds is 0. The topological polar surface area (TPSA) is 47.7 Å². The monoisotopic (exact) mass is 50.0 g/mol. The Balaban J connectivity index is -0.0000000200. The third-order valence-electron chi connectivity index (χ3n) is 0. The molecule has 0 aliphatic rings. The van der Waals surface area contributed by atoms with E-state index >= 15 is 0 Å². The van der Waals surface area contributed by atoms with Gasteiger partial charge in [-0.15, -0.1) is 0 Å². The van der Waals surface area contributed by atoms with Crippen LogP contribution in [0.5, 0.6) is 0 Å². The molecule has 0 amide bonds. The molecule has 0 aromatic heterocycles. The van der Waals surface area contributed by atoms with Crippen molar-refractivity contribution in [2.45, 2.75) is 0 Å². The normalized spacial score (nSPS) is 2.00. The Kier molecular flexibility index (Phi) is 27.5. The van der Waals surface area contributed by atoms with Gasteiger partial charge in [0.25, 0.3) is 0 Å². The van der Waals surface area contributed by atoms with E-state index in [0.29, 0.717) is 0 Å². The van der Waals surface area contributed by atoms with Crippen LogP contribution in [0.15, 0.2) is 0 Å². The maximum Gasteiger partial charge on any atom is 1.00 e. The van der Waals surface area contributed by atoms with Crippen LogP contribution < -0.4 is 18.9 Å². The van der Waals surface area contributed by atoms with E-state index in [4.69, 9.17) is 10.8 Å². The van der Waals surface area contributed by atoms with Crippen molar-refractivity contribution in [1.29, 1.82) is 10.8 Å². The van der Waals surface area contributed by atoms with Gasteiger partial charge in [-0.1, -0.05) is 0 Å². The predicted octanol–water partition coefficient (Wildman–Crippen LogP) is -2.57. The van der Waals surface area contributed by atoms with Gasteiger partial charge in [0.15, 0.2) is 0 Å². The number of hydrogen-bond donors (Lipinski definition) is 2. The first kappa shape index (κ1) is 9.02. The van der Waals surface area contributed by atoms with Crippen LogP contribution in [-0.2, 0) is 0 Å².